The summed E-state index contributed by atoms with van der Waals surface area (Å²) in [6.45, 7) is 1.68. The van der Waals surface area contributed by atoms with Gasteiger partial charge in [0.05, 0.1) is 19.8 Å². The molecule has 150 valence electrons. The molecule has 1 heterocycles. The quantitative estimate of drug-likeness (QED) is 0.734. The zero-order chi connectivity index (χ0) is 20.6. The second-order valence-corrected chi connectivity index (χ2v) is 6.56. The van der Waals surface area contributed by atoms with Gasteiger partial charge in [0, 0.05) is 29.9 Å². The fourth-order valence-corrected chi connectivity index (χ4v) is 3.19. The van der Waals surface area contributed by atoms with Gasteiger partial charge in [-0.05, 0) is 24.3 Å². The van der Waals surface area contributed by atoms with E-state index in [4.69, 9.17) is 11.2 Å². The Balaban J connectivity index is 1.67. The molecule has 2 aromatic rings. The molecule has 3 rings (SSSR count). The molecule has 0 radical (unpaired) electrons. The SMILES string of the molecule is C#Cc1cccc(NC(=O)CNC(=O)[C@H](c2ccccc2F)N2CCOCC2)c1. The molecule has 0 spiro atoms. The van der Waals surface area contributed by atoms with Crippen LogP contribution in [-0.2, 0) is 14.3 Å². The van der Waals surface area contributed by atoms with Crippen LogP contribution in [0.4, 0.5) is 10.1 Å². The first-order valence-corrected chi connectivity index (χ1v) is 9.29. The summed E-state index contributed by atoms with van der Waals surface area (Å²) in [4.78, 5) is 27.0. The fraction of sp³-hybridized carbons (Fsp3) is 0.273. The number of terminal acetylenes is 1. The van der Waals surface area contributed by atoms with Crippen LogP contribution in [0.2, 0.25) is 0 Å². The Morgan fingerprint density at radius 3 is 2.66 bits per heavy atom. The molecular weight excluding hydrogens is 373 g/mol. The van der Waals surface area contributed by atoms with Crippen LogP contribution >= 0.6 is 0 Å². The van der Waals surface area contributed by atoms with Gasteiger partial charge < -0.3 is 15.4 Å². The van der Waals surface area contributed by atoms with Crippen molar-refractivity contribution in [2.45, 2.75) is 6.04 Å². The minimum atomic E-state index is -0.835. The summed E-state index contributed by atoms with van der Waals surface area (Å²) in [5.74, 6) is 1.19. The molecule has 2 N–H and O–H groups in total. The van der Waals surface area contributed by atoms with Gasteiger partial charge in [0.25, 0.3) is 0 Å². The lowest BCUT2D eigenvalue weighted by Gasteiger charge is -2.33. The number of morpholine rings is 1. The van der Waals surface area contributed by atoms with Crippen LogP contribution in [-0.4, -0.2) is 49.6 Å². The summed E-state index contributed by atoms with van der Waals surface area (Å²) >= 11 is 0. The van der Waals surface area contributed by atoms with Crippen molar-refractivity contribution < 1.29 is 18.7 Å². The number of carbonyl (C=O) groups is 2. The second-order valence-electron chi connectivity index (χ2n) is 6.56. The van der Waals surface area contributed by atoms with Gasteiger partial charge in [-0.2, -0.15) is 0 Å². The zero-order valence-electron chi connectivity index (χ0n) is 15.9. The van der Waals surface area contributed by atoms with E-state index >= 15 is 0 Å². The van der Waals surface area contributed by atoms with Crippen molar-refractivity contribution >= 4 is 17.5 Å². The highest BCUT2D eigenvalue weighted by atomic mass is 19.1. The van der Waals surface area contributed by atoms with Crippen molar-refractivity contribution in [2.75, 3.05) is 38.2 Å². The Morgan fingerprint density at radius 2 is 1.93 bits per heavy atom. The predicted octanol–water partition coefficient (Wildman–Crippen LogP) is 1.94. The topological polar surface area (TPSA) is 70.7 Å². The number of hydrogen-bond donors (Lipinski definition) is 2. The third kappa shape index (κ3) is 5.41. The average molecular weight is 395 g/mol. The van der Waals surface area contributed by atoms with Gasteiger partial charge in [0.15, 0.2) is 0 Å². The van der Waals surface area contributed by atoms with E-state index in [9.17, 15) is 14.0 Å². The van der Waals surface area contributed by atoms with Crippen molar-refractivity contribution in [1.82, 2.24) is 10.2 Å². The number of rotatable bonds is 6. The fourth-order valence-electron chi connectivity index (χ4n) is 3.19. The van der Waals surface area contributed by atoms with E-state index in [2.05, 4.69) is 16.6 Å². The molecule has 29 heavy (non-hydrogen) atoms. The number of carbonyl (C=O) groups excluding carboxylic acids is 2. The van der Waals surface area contributed by atoms with E-state index in [0.29, 0.717) is 37.6 Å². The molecule has 0 bridgehead atoms. The maximum Gasteiger partial charge on any atom is 0.243 e. The molecule has 0 unspecified atom stereocenters. The van der Waals surface area contributed by atoms with Crippen LogP contribution in [0.1, 0.15) is 17.2 Å². The highest BCUT2D eigenvalue weighted by molar-refractivity contribution is 5.95. The molecule has 0 saturated carbocycles. The van der Waals surface area contributed by atoms with Crippen molar-refractivity contribution in [2.24, 2.45) is 0 Å². The predicted molar refractivity (Wildman–Crippen MR) is 108 cm³/mol. The Morgan fingerprint density at radius 1 is 1.17 bits per heavy atom. The van der Waals surface area contributed by atoms with Crippen LogP contribution in [0.3, 0.4) is 0 Å². The minimum absolute atomic E-state index is 0.242. The lowest BCUT2D eigenvalue weighted by molar-refractivity contribution is -0.130. The first-order chi connectivity index (χ1) is 14.1. The average Bonchev–Trinajstić information content (AvgIpc) is 2.75. The molecule has 1 fully saturated rings. The molecule has 0 aromatic heterocycles. The Kier molecular flexibility index (Phi) is 6.95. The highest BCUT2D eigenvalue weighted by Gasteiger charge is 2.31. The number of nitrogens with zero attached hydrogens (tertiary/aromatic N) is 1. The Bertz CT molecular complexity index is 920. The van der Waals surface area contributed by atoms with E-state index in [1.807, 2.05) is 4.90 Å². The molecule has 1 saturated heterocycles. The lowest BCUT2D eigenvalue weighted by atomic mass is 10.0. The van der Waals surface area contributed by atoms with Gasteiger partial charge in [0.2, 0.25) is 11.8 Å². The van der Waals surface area contributed by atoms with E-state index in [0.717, 1.165) is 0 Å². The van der Waals surface area contributed by atoms with Gasteiger partial charge in [-0.1, -0.05) is 30.2 Å². The highest BCUT2D eigenvalue weighted by Crippen LogP contribution is 2.24. The molecule has 2 amide bonds. The van der Waals surface area contributed by atoms with Gasteiger partial charge in [-0.25, -0.2) is 4.39 Å². The lowest BCUT2D eigenvalue weighted by Crippen LogP contribution is -2.47. The van der Waals surface area contributed by atoms with Crippen molar-refractivity contribution in [3.05, 3.63) is 65.5 Å². The summed E-state index contributed by atoms with van der Waals surface area (Å²) < 4.78 is 19.7. The molecular formula is C22H22FN3O3. The Labute approximate surface area is 169 Å². The monoisotopic (exact) mass is 395 g/mol. The van der Waals surface area contributed by atoms with E-state index < -0.39 is 23.7 Å². The number of nitrogens with one attached hydrogen (secondary N) is 2. The van der Waals surface area contributed by atoms with Crippen LogP contribution in [0.5, 0.6) is 0 Å². The molecule has 1 aliphatic heterocycles. The zero-order valence-corrected chi connectivity index (χ0v) is 15.9. The number of anilines is 1. The van der Waals surface area contributed by atoms with Crippen molar-refractivity contribution in [3.63, 3.8) is 0 Å². The van der Waals surface area contributed by atoms with Crippen LogP contribution in [0.15, 0.2) is 48.5 Å². The second kappa shape index (κ2) is 9.82. The minimum Gasteiger partial charge on any atom is -0.379 e. The summed E-state index contributed by atoms with van der Waals surface area (Å²) in [5, 5.41) is 5.30. The van der Waals surface area contributed by atoms with E-state index in [-0.39, 0.29) is 12.1 Å². The summed E-state index contributed by atoms with van der Waals surface area (Å²) in [7, 11) is 0. The smallest absolute Gasteiger partial charge is 0.243 e. The molecule has 1 atom stereocenters. The normalized spacial score (nSPS) is 15.2. The molecule has 2 aromatic carbocycles. The van der Waals surface area contributed by atoms with Gasteiger partial charge >= 0.3 is 0 Å². The molecule has 1 aliphatic rings. The summed E-state index contributed by atoms with van der Waals surface area (Å²) in [5.41, 5.74) is 1.45. The number of ether oxygens (including phenoxy) is 1. The van der Waals surface area contributed by atoms with Gasteiger partial charge in [-0.3, -0.25) is 14.5 Å². The van der Waals surface area contributed by atoms with Gasteiger partial charge in [0.1, 0.15) is 11.9 Å². The van der Waals surface area contributed by atoms with Crippen LogP contribution in [0, 0.1) is 18.2 Å². The number of halogens is 1. The number of hydrogen-bond acceptors (Lipinski definition) is 4. The molecule has 6 nitrogen and oxygen atoms in total. The van der Waals surface area contributed by atoms with E-state index in [1.165, 1.54) is 6.07 Å². The third-order valence-electron chi connectivity index (χ3n) is 4.60. The van der Waals surface area contributed by atoms with Crippen LogP contribution in [0.25, 0.3) is 0 Å². The maximum atomic E-state index is 14.4. The number of amides is 2. The standard InChI is InChI=1S/C22H22FN3O3/c1-2-16-6-5-7-17(14-16)25-20(27)15-24-22(28)21(26-10-12-29-13-11-26)18-8-3-4-9-19(18)23/h1,3-9,14,21H,10-13,15H2,(H,24,28)(H,25,27)/t21-/m0/s1. The largest absolute Gasteiger partial charge is 0.379 e. The summed E-state index contributed by atoms with van der Waals surface area (Å²) in [6.07, 6.45) is 5.36. The molecule has 0 aliphatic carbocycles. The first-order valence-electron chi connectivity index (χ1n) is 9.29. The molecule has 7 heteroatoms. The van der Waals surface area contributed by atoms with Gasteiger partial charge in [-0.15, -0.1) is 6.42 Å². The Hall–Kier alpha value is -3.21. The van der Waals surface area contributed by atoms with Crippen LogP contribution < -0.4 is 10.6 Å². The first kappa shape index (κ1) is 20.5. The van der Waals surface area contributed by atoms with E-state index in [1.54, 1.807) is 42.5 Å². The van der Waals surface area contributed by atoms with Crippen molar-refractivity contribution in [3.8, 4) is 12.3 Å². The number of benzene rings is 2. The summed E-state index contributed by atoms with van der Waals surface area (Å²) in [6, 6.07) is 12.2. The maximum absolute atomic E-state index is 14.4. The third-order valence-corrected chi connectivity index (χ3v) is 4.60. The van der Waals surface area contributed by atoms with Crippen molar-refractivity contribution in [1.29, 1.82) is 0 Å².